The lowest BCUT2D eigenvalue weighted by atomic mass is 9.85. The molecule has 168 valence electrons. The first-order valence-corrected chi connectivity index (χ1v) is 11.5. The number of hydrogen-bond acceptors (Lipinski definition) is 4. The van der Waals surface area contributed by atoms with Gasteiger partial charge < -0.3 is 19.3 Å². The van der Waals surface area contributed by atoms with Gasteiger partial charge >= 0.3 is 0 Å². The Morgan fingerprint density at radius 1 is 0.938 bits per heavy atom. The topological polar surface area (TPSA) is 59.1 Å². The third-order valence-electron chi connectivity index (χ3n) is 7.06. The molecule has 2 aromatic carbocycles. The number of carbonyl (C=O) groups is 2. The largest absolute Gasteiger partial charge is 0.454 e. The zero-order chi connectivity index (χ0) is 22.2. The van der Waals surface area contributed by atoms with Gasteiger partial charge in [-0.3, -0.25) is 9.59 Å². The molecule has 1 saturated carbocycles. The van der Waals surface area contributed by atoms with Crippen LogP contribution in [0.1, 0.15) is 55.3 Å². The number of rotatable bonds is 4. The fourth-order valence-electron chi connectivity index (χ4n) is 5.10. The fraction of sp³-hybridized carbons (Fsp3) is 0.462. The van der Waals surface area contributed by atoms with E-state index in [1.54, 1.807) is 4.90 Å². The molecule has 2 fully saturated rings. The molecule has 0 spiro atoms. The smallest absolute Gasteiger partial charge is 0.250 e. The molecule has 0 radical (unpaired) electrons. The molecule has 32 heavy (non-hydrogen) atoms. The summed E-state index contributed by atoms with van der Waals surface area (Å²) >= 11 is 0. The van der Waals surface area contributed by atoms with Crippen LogP contribution in [-0.2, 0) is 16.1 Å². The van der Waals surface area contributed by atoms with Crippen LogP contribution in [0.2, 0.25) is 0 Å². The molecule has 2 amide bonds. The lowest BCUT2D eigenvalue weighted by molar-refractivity contribution is -0.160. The molecule has 2 heterocycles. The molecule has 2 aliphatic heterocycles. The van der Waals surface area contributed by atoms with Gasteiger partial charge in [0.2, 0.25) is 12.7 Å². The summed E-state index contributed by atoms with van der Waals surface area (Å²) in [4.78, 5) is 30.8. The van der Waals surface area contributed by atoms with Crippen molar-refractivity contribution in [1.82, 2.24) is 9.80 Å². The van der Waals surface area contributed by atoms with Crippen molar-refractivity contribution in [2.75, 3.05) is 13.3 Å². The van der Waals surface area contributed by atoms with Gasteiger partial charge in [-0.05, 0) is 61.8 Å². The zero-order valence-corrected chi connectivity index (χ0v) is 18.8. The third-order valence-corrected chi connectivity index (χ3v) is 7.06. The van der Waals surface area contributed by atoms with Crippen molar-refractivity contribution in [2.45, 2.75) is 58.2 Å². The summed E-state index contributed by atoms with van der Waals surface area (Å²) < 4.78 is 10.9. The van der Waals surface area contributed by atoms with Gasteiger partial charge in [-0.15, -0.1) is 0 Å². The van der Waals surface area contributed by atoms with E-state index in [4.69, 9.17) is 9.47 Å². The number of piperazine rings is 1. The van der Waals surface area contributed by atoms with E-state index in [1.807, 2.05) is 54.3 Å². The molecule has 2 aromatic rings. The normalized spacial score (nSPS) is 25.4. The summed E-state index contributed by atoms with van der Waals surface area (Å²) in [5, 5.41) is 0. The minimum atomic E-state index is -0.610. The van der Waals surface area contributed by atoms with Crippen LogP contribution in [0, 0.1) is 12.8 Å². The van der Waals surface area contributed by atoms with E-state index in [2.05, 4.69) is 6.92 Å². The van der Waals surface area contributed by atoms with Crippen molar-refractivity contribution in [3.63, 3.8) is 0 Å². The molecule has 0 bridgehead atoms. The van der Waals surface area contributed by atoms with Gasteiger partial charge in [0.15, 0.2) is 11.5 Å². The van der Waals surface area contributed by atoms with Gasteiger partial charge in [-0.1, -0.05) is 42.8 Å². The number of ether oxygens (including phenoxy) is 2. The summed E-state index contributed by atoms with van der Waals surface area (Å²) in [6, 6.07) is 13.2. The summed E-state index contributed by atoms with van der Waals surface area (Å²) in [6.07, 6.45) is 4.17. The molecular weight excluding hydrogens is 404 g/mol. The van der Waals surface area contributed by atoms with Gasteiger partial charge in [0.05, 0.1) is 0 Å². The number of carbonyl (C=O) groups excluding carboxylic acids is 2. The van der Waals surface area contributed by atoms with Crippen LogP contribution in [0.5, 0.6) is 11.5 Å². The minimum absolute atomic E-state index is 0.00790. The predicted molar refractivity (Wildman–Crippen MR) is 120 cm³/mol. The summed E-state index contributed by atoms with van der Waals surface area (Å²) in [5.74, 6) is 2.11. The number of amides is 2. The van der Waals surface area contributed by atoms with Crippen LogP contribution in [0.4, 0.5) is 0 Å². The van der Waals surface area contributed by atoms with Crippen LogP contribution in [0.15, 0.2) is 42.5 Å². The van der Waals surface area contributed by atoms with Crippen molar-refractivity contribution < 1.29 is 19.1 Å². The van der Waals surface area contributed by atoms with E-state index in [9.17, 15) is 9.59 Å². The molecule has 1 atom stereocenters. The van der Waals surface area contributed by atoms with Gasteiger partial charge in [0, 0.05) is 12.6 Å². The molecule has 0 N–H and O–H groups in total. The molecule has 6 nitrogen and oxygen atoms in total. The highest BCUT2D eigenvalue weighted by Crippen LogP contribution is 2.37. The highest BCUT2D eigenvalue weighted by Gasteiger charge is 2.43. The highest BCUT2D eigenvalue weighted by molar-refractivity contribution is 5.95. The lowest BCUT2D eigenvalue weighted by Gasteiger charge is -2.45. The summed E-state index contributed by atoms with van der Waals surface area (Å²) in [7, 11) is 0. The molecule has 3 aliphatic rings. The van der Waals surface area contributed by atoms with E-state index in [1.165, 1.54) is 0 Å². The van der Waals surface area contributed by atoms with Crippen molar-refractivity contribution >= 4 is 11.8 Å². The van der Waals surface area contributed by atoms with Crippen LogP contribution in [0.25, 0.3) is 0 Å². The number of hydrogen-bond donors (Lipinski definition) is 0. The lowest BCUT2D eigenvalue weighted by Crippen LogP contribution is -2.58. The monoisotopic (exact) mass is 434 g/mol. The van der Waals surface area contributed by atoms with E-state index in [0.29, 0.717) is 24.0 Å². The molecule has 6 heteroatoms. The Morgan fingerprint density at radius 2 is 1.66 bits per heavy atom. The van der Waals surface area contributed by atoms with Gasteiger partial charge in [0.1, 0.15) is 12.6 Å². The number of benzene rings is 2. The summed E-state index contributed by atoms with van der Waals surface area (Å²) in [5.41, 5.74) is 2.92. The quantitative estimate of drug-likeness (QED) is 0.723. The van der Waals surface area contributed by atoms with Crippen molar-refractivity contribution in [3.05, 3.63) is 59.2 Å². The Balaban J connectivity index is 1.45. The van der Waals surface area contributed by atoms with Crippen LogP contribution in [0.3, 0.4) is 0 Å². The van der Waals surface area contributed by atoms with Crippen molar-refractivity contribution in [3.8, 4) is 11.5 Å². The van der Waals surface area contributed by atoms with Crippen LogP contribution >= 0.6 is 0 Å². The fourth-order valence-corrected chi connectivity index (χ4v) is 5.10. The van der Waals surface area contributed by atoms with Gasteiger partial charge in [0.25, 0.3) is 5.91 Å². The Kier molecular flexibility index (Phi) is 5.53. The molecule has 0 aromatic heterocycles. The minimum Gasteiger partial charge on any atom is -0.454 e. The SMILES string of the molecule is Cc1ccc(C2C(=O)N(C3CCC(C)CC3)CC(=O)N2Cc2ccc3c(c2)OCO3)cc1. The van der Waals surface area contributed by atoms with E-state index < -0.39 is 6.04 Å². The van der Waals surface area contributed by atoms with Gasteiger partial charge in [-0.25, -0.2) is 0 Å². The first-order chi connectivity index (χ1) is 15.5. The molecule has 1 unspecified atom stereocenters. The second-order valence-electron chi connectivity index (χ2n) is 9.40. The third kappa shape index (κ3) is 3.94. The van der Waals surface area contributed by atoms with Crippen molar-refractivity contribution in [2.24, 2.45) is 5.92 Å². The van der Waals surface area contributed by atoms with Crippen molar-refractivity contribution in [1.29, 1.82) is 0 Å². The molecule has 1 saturated heterocycles. The second kappa shape index (κ2) is 8.49. The van der Waals surface area contributed by atoms with E-state index in [-0.39, 0.29) is 31.2 Å². The standard InChI is InChI=1S/C26H30N2O4/c1-17-3-8-20(9-4-17)25-26(30)27(21-10-5-18(2)6-11-21)15-24(29)28(25)14-19-7-12-22-23(13-19)32-16-31-22/h3-4,7-9,12-13,18,21,25H,5-6,10-11,14-16H2,1-2H3. The second-order valence-corrected chi connectivity index (χ2v) is 9.40. The number of nitrogens with zero attached hydrogens (tertiary/aromatic N) is 2. The molecular formula is C26H30N2O4. The Hall–Kier alpha value is -3.02. The van der Waals surface area contributed by atoms with E-state index in [0.717, 1.165) is 42.4 Å². The highest BCUT2D eigenvalue weighted by atomic mass is 16.7. The Bertz CT molecular complexity index is 1010. The zero-order valence-electron chi connectivity index (χ0n) is 18.8. The van der Waals surface area contributed by atoms with Crippen LogP contribution in [-0.4, -0.2) is 41.0 Å². The maximum absolute atomic E-state index is 13.8. The molecule has 1 aliphatic carbocycles. The maximum atomic E-state index is 13.8. The summed E-state index contributed by atoms with van der Waals surface area (Å²) in [6.45, 7) is 5.01. The molecule has 5 rings (SSSR count). The van der Waals surface area contributed by atoms with Crippen LogP contribution < -0.4 is 9.47 Å². The average molecular weight is 435 g/mol. The number of fused-ring (bicyclic) bond motifs is 1. The first-order valence-electron chi connectivity index (χ1n) is 11.5. The van der Waals surface area contributed by atoms with E-state index >= 15 is 0 Å². The Labute approximate surface area is 189 Å². The maximum Gasteiger partial charge on any atom is 0.250 e. The predicted octanol–water partition coefficient (Wildman–Crippen LogP) is 4.21. The first kappa shape index (κ1) is 20.9. The number of aryl methyl sites for hydroxylation is 1. The van der Waals surface area contributed by atoms with Gasteiger partial charge in [-0.2, -0.15) is 0 Å². The Morgan fingerprint density at radius 3 is 2.41 bits per heavy atom. The average Bonchev–Trinajstić information content (AvgIpc) is 3.26.